The molecule has 0 fully saturated rings. The van der Waals surface area contributed by atoms with E-state index < -0.39 is 46.4 Å². The number of carbonyl (C=O) groups excluding carboxylic acids is 4. The zero-order valence-electron chi connectivity index (χ0n) is 19.7. The highest BCUT2D eigenvalue weighted by Gasteiger charge is 2.30. The number of benzene rings is 1. The lowest BCUT2D eigenvalue weighted by Gasteiger charge is -2.11. The Bertz CT molecular complexity index is 1170. The Labute approximate surface area is 199 Å². The molecule has 13 nitrogen and oxygen atoms in total. The maximum absolute atomic E-state index is 12.5. The molecular weight excluding hydrogens is 468 g/mol. The van der Waals surface area contributed by atoms with Gasteiger partial charge in [0.25, 0.3) is 11.6 Å². The Kier molecular flexibility index (Phi) is 8.91. The van der Waals surface area contributed by atoms with Crippen LogP contribution in [0.15, 0.2) is 16.5 Å². The second-order valence-electron chi connectivity index (χ2n) is 6.85. The number of nitrogens with zero attached hydrogens (tertiary/aromatic N) is 1. The van der Waals surface area contributed by atoms with E-state index in [0.717, 1.165) is 12.1 Å². The standard InChI is InChI=1S/C22H24N2O11/c1-6-32-16-8-13(14(24(29)30)9-15(16)31-5)21(27)34-10-17(26)23-20-19(22(28)33-7-2)18(11(3)25)12(4)35-20/h8-9H,6-7,10H2,1-5H3,(H,23,26). The van der Waals surface area contributed by atoms with Gasteiger partial charge in [-0.2, -0.15) is 0 Å². The lowest BCUT2D eigenvalue weighted by Crippen LogP contribution is -2.22. The van der Waals surface area contributed by atoms with Crippen LogP contribution in [0.4, 0.5) is 11.6 Å². The number of ketones is 1. The molecular formula is C22H24N2O11. The highest BCUT2D eigenvalue weighted by Crippen LogP contribution is 2.35. The third kappa shape index (κ3) is 6.13. The second-order valence-corrected chi connectivity index (χ2v) is 6.85. The van der Waals surface area contributed by atoms with E-state index in [1.165, 1.54) is 21.0 Å². The molecule has 0 aliphatic carbocycles. The normalized spacial score (nSPS) is 10.3. The predicted octanol–water partition coefficient (Wildman–Crippen LogP) is 3.08. The van der Waals surface area contributed by atoms with Gasteiger partial charge in [-0.15, -0.1) is 0 Å². The van der Waals surface area contributed by atoms with E-state index in [1.54, 1.807) is 13.8 Å². The van der Waals surface area contributed by atoms with Crippen molar-refractivity contribution in [2.45, 2.75) is 27.7 Å². The van der Waals surface area contributed by atoms with Crippen LogP contribution >= 0.6 is 0 Å². The van der Waals surface area contributed by atoms with Crippen molar-refractivity contribution in [1.29, 1.82) is 0 Å². The molecule has 2 rings (SSSR count). The highest BCUT2D eigenvalue weighted by atomic mass is 16.6. The number of carbonyl (C=O) groups is 4. The molecule has 1 aromatic heterocycles. The van der Waals surface area contributed by atoms with Gasteiger partial charge >= 0.3 is 11.9 Å². The third-order valence-electron chi connectivity index (χ3n) is 4.50. The Hall–Kier alpha value is -4.42. The van der Waals surface area contributed by atoms with E-state index in [9.17, 15) is 29.3 Å². The van der Waals surface area contributed by atoms with Crippen LogP contribution in [0.2, 0.25) is 0 Å². The minimum Gasteiger partial charge on any atom is -0.493 e. The van der Waals surface area contributed by atoms with Crippen molar-refractivity contribution in [2.24, 2.45) is 0 Å². The van der Waals surface area contributed by atoms with Crippen LogP contribution in [-0.4, -0.2) is 55.5 Å². The molecule has 1 aromatic carbocycles. The monoisotopic (exact) mass is 492 g/mol. The summed E-state index contributed by atoms with van der Waals surface area (Å²) in [6.07, 6.45) is 0. The zero-order chi connectivity index (χ0) is 26.3. The van der Waals surface area contributed by atoms with E-state index in [2.05, 4.69) is 5.32 Å². The lowest BCUT2D eigenvalue weighted by atomic mass is 10.1. The van der Waals surface area contributed by atoms with Crippen LogP contribution < -0.4 is 14.8 Å². The molecule has 2 aromatic rings. The van der Waals surface area contributed by atoms with Crippen LogP contribution in [0, 0.1) is 17.0 Å². The van der Waals surface area contributed by atoms with Gasteiger partial charge in [0, 0.05) is 6.07 Å². The molecule has 13 heteroatoms. The predicted molar refractivity (Wildman–Crippen MR) is 119 cm³/mol. The molecule has 0 aliphatic rings. The first-order chi connectivity index (χ1) is 16.5. The number of nitrogens with one attached hydrogen (secondary N) is 1. The Balaban J connectivity index is 2.25. The Morgan fingerprint density at radius 1 is 1.03 bits per heavy atom. The van der Waals surface area contributed by atoms with Crippen LogP contribution in [0.3, 0.4) is 0 Å². The van der Waals surface area contributed by atoms with E-state index >= 15 is 0 Å². The number of aryl methyl sites for hydroxylation is 1. The van der Waals surface area contributed by atoms with Gasteiger partial charge < -0.3 is 23.4 Å². The maximum atomic E-state index is 12.5. The molecule has 0 spiro atoms. The first kappa shape index (κ1) is 26.8. The number of furan rings is 1. The number of methoxy groups -OCH3 is 1. The molecule has 1 heterocycles. The number of esters is 2. The van der Waals surface area contributed by atoms with Crippen molar-refractivity contribution >= 4 is 35.2 Å². The topological polar surface area (TPSA) is 174 Å². The molecule has 1 amide bonds. The number of ether oxygens (including phenoxy) is 4. The number of anilines is 1. The molecule has 0 radical (unpaired) electrons. The first-order valence-corrected chi connectivity index (χ1v) is 10.3. The van der Waals surface area contributed by atoms with Gasteiger partial charge in [0.2, 0.25) is 5.88 Å². The fraction of sp³-hybridized carbons (Fsp3) is 0.364. The maximum Gasteiger partial charge on any atom is 0.345 e. The van der Waals surface area contributed by atoms with E-state index in [1.807, 2.05) is 0 Å². The number of amides is 1. The van der Waals surface area contributed by atoms with Gasteiger partial charge in [-0.1, -0.05) is 0 Å². The number of nitro groups is 1. The minimum absolute atomic E-state index is 0.00970. The average molecular weight is 492 g/mol. The fourth-order valence-corrected chi connectivity index (χ4v) is 3.12. The van der Waals surface area contributed by atoms with Crippen LogP contribution in [-0.2, 0) is 14.3 Å². The molecule has 0 saturated heterocycles. The molecule has 188 valence electrons. The number of hydrogen-bond donors (Lipinski definition) is 1. The molecule has 0 saturated carbocycles. The molecule has 0 aliphatic heterocycles. The van der Waals surface area contributed by atoms with E-state index in [-0.39, 0.29) is 47.5 Å². The molecule has 1 N–H and O–H groups in total. The minimum atomic E-state index is -1.18. The van der Waals surface area contributed by atoms with Crippen molar-refractivity contribution in [2.75, 3.05) is 32.2 Å². The fourth-order valence-electron chi connectivity index (χ4n) is 3.12. The summed E-state index contributed by atoms with van der Waals surface area (Å²) in [5.74, 6) is -3.67. The van der Waals surface area contributed by atoms with Crippen molar-refractivity contribution in [3.8, 4) is 11.5 Å². The second kappa shape index (κ2) is 11.6. The summed E-state index contributed by atoms with van der Waals surface area (Å²) in [6, 6.07) is 2.08. The summed E-state index contributed by atoms with van der Waals surface area (Å²) in [7, 11) is 1.28. The van der Waals surface area contributed by atoms with Crippen molar-refractivity contribution in [3.05, 3.63) is 44.7 Å². The smallest absolute Gasteiger partial charge is 0.345 e. The largest absolute Gasteiger partial charge is 0.493 e. The van der Waals surface area contributed by atoms with Crippen LogP contribution in [0.1, 0.15) is 57.6 Å². The van der Waals surface area contributed by atoms with Gasteiger partial charge in [-0.25, -0.2) is 9.59 Å². The Morgan fingerprint density at radius 2 is 1.71 bits per heavy atom. The van der Waals surface area contributed by atoms with Gasteiger partial charge in [0.05, 0.1) is 36.9 Å². The molecule has 0 unspecified atom stereocenters. The summed E-state index contributed by atoms with van der Waals surface area (Å²) in [5, 5.41) is 13.7. The van der Waals surface area contributed by atoms with Crippen molar-refractivity contribution < 1.29 is 47.5 Å². The lowest BCUT2D eigenvalue weighted by molar-refractivity contribution is -0.385. The SMILES string of the molecule is CCOC(=O)c1c(NC(=O)COC(=O)c2cc(OCC)c(OC)cc2[N+](=O)[O-])oc(C)c1C(C)=O. The number of nitro benzene ring substituents is 1. The summed E-state index contributed by atoms with van der Waals surface area (Å²) < 4.78 is 25.6. The first-order valence-electron chi connectivity index (χ1n) is 10.3. The quantitative estimate of drug-likeness (QED) is 0.211. The molecule has 0 bridgehead atoms. The van der Waals surface area contributed by atoms with E-state index in [4.69, 9.17) is 23.4 Å². The summed E-state index contributed by atoms with van der Waals surface area (Å²) in [4.78, 5) is 59.8. The van der Waals surface area contributed by atoms with Crippen molar-refractivity contribution in [3.63, 3.8) is 0 Å². The summed E-state index contributed by atoms with van der Waals surface area (Å²) >= 11 is 0. The molecule has 35 heavy (non-hydrogen) atoms. The van der Waals surface area contributed by atoms with Crippen LogP contribution in [0.25, 0.3) is 0 Å². The average Bonchev–Trinajstić information content (AvgIpc) is 3.13. The van der Waals surface area contributed by atoms with Gasteiger partial charge in [0.15, 0.2) is 23.9 Å². The Morgan fingerprint density at radius 3 is 2.26 bits per heavy atom. The third-order valence-corrected chi connectivity index (χ3v) is 4.50. The summed E-state index contributed by atoms with van der Waals surface area (Å²) in [5.41, 5.74) is -1.42. The van der Waals surface area contributed by atoms with Crippen LogP contribution in [0.5, 0.6) is 11.5 Å². The number of hydrogen-bond acceptors (Lipinski definition) is 11. The molecule has 0 atom stereocenters. The highest BCUT2D eigenvalue weighted by molar-refractivity contribution is 6.11. The van der Waals surface area contributed by atoms with Gasteiger partial charge in [0.1, 0.15) is 16.9 Å². The number of Topliss-reactive ketones (excluding diaryl/α,β-unsaturated/α-hetero) is 1. The van der Waals surface area contributed by atoms with Gasteiger partial charge in [-0.3, -0.25) is 25.0 Å². The number of rotatable bonds is 11. The summed E-state index contributed by atoms with van der Waals surface area (Å²) in [6.45, 7) is 5.19. The van der Waals surface area contributed by atoms with E-state index in [0.29, 0.717) is 0 Å². The van der Waals surface area contributed by atoms with Gasteiger partial charge in [-0.05, 0) is 27.7 Å². The zero-order valence-corrected chi connectivity index (χ0v) is 19.7. The van der Waals surface area contributed by atoms with Crippen molar-refractivity contribution in [1.82, 2.24) is 0 Å².